The number of aromatic nitrogens is 1. The Bertz CT molecular complexity index is 293. The van der Waals surface area contributed by atoms with Crippen molar-refractivity contribution in [1.82, 2.24) is 15.2 Å². The Labute approximate surface area is 98.9 Å². The van der Waals surface area contributed by atoms with Gasteiger partial charge in [-0.1, -0.05) is 6.07 Å². The molecule has 3 nitrogen and oxygen atoms in total. The Balaban J connectivity index is 2.26. The van der Waals surface area contributed by atoms with E-state index < -0.39 is 0 Å². The molecular formula is C13H23N3. The summed E-state index contributed by atoms with van der Waals surface area (Å²) < 4.78 is 0. The van der Waals surface area contributed by atoms with E-state index in [2.05, 4.69) is 48.4 Å². The van der Waals surface area contributed by atoms with Crippen LogP contribution >= 0.6 is 0 Å². The van der Waals surface area contributed by atoms with Crippen LogP contribution in [0.3, 0.4) is 0 Å². The molecule has 1 atom stereocenters. The summed E-state index contributed by atoms with van der Waals surface area (Å²) in [7, 11) is 4.22. The lowest BCUT2D eigenvalue weighted by Gasteiger charge is -2.16. The van der Waals surface area contributed by atoms with Crippen molar-refractivity contribution in [2.45, 2.75) is 32.9 Å². The molecule has 0 saturated carbocycles. The lowest BCUT2D eigenvalue weighted by molar-refractivity contribution is 0.365. The zero-order valence-corrected chi connectivity index (χ0v) is 10.8. The van der Waals surface area contributed by atoms with Crippen molar-refractivity contribution in [2.24, 2.45) is 0 Å². The Hall–Kier alpha value is -0.930. The van der Waals surface area contributed by atoms with Crippen LogP contribution in [0.25, 0.3) is 0 Å². The number of pyridine rings is 1. The van der Waals surface area contributed by atoms with Gasteiger partial charge in [0.2, 0.25) is 0 Å². The maximum Gasteiger partial charge on any atom is 0.0372 e. The molecule has 1 N–H and O–H groups in total. The molecule has 0 spiro atoms. The minimum atomic E-state index is 0.545. The summed E-state index contributed by atoms with van der Waals surface area (Å²) in [6, 6.07) is 4.74. The Morgan fingerprint density at radius 3 is 2.69 bits per heavy atom. The fourth-order valence-corrected chi connectivity index (χ4v) is 1.45. The van der Waals surface area contributed by atoms with Crippen LogP contribution in [0.5, 0.6) is 0 Å². The van der Waals surface area contributed by atoms with Gasteiger partial charge in [0.25, 0.3) is 0 Å². The van der Waals surface area contributed by atoms with Crippen molar-refractivity contribution in [3.05, 3.63) is 29.6 Å². The van der Waals surface area contributed by atoms with Crippen molar-refractivity contribution in [3.63, 3.8) is 0 Å². The second-order valence-electron chi connectivity index (χ2n) is 4.68. The third-order valence-electron chi connectivity index (χ3n) is 2.64. The van der Waals surface area contributed by atoms with Crippen molar-refractivity contribution in [3.8, 4) is 0 Å². The number of rotatable bonds is 6. The van der Waals surface area contributed by atoms with Crippen molar-refractivity contribution in [1.29, 1.82) is 0 Å². The van der Waals surface area contributed by atoms with Gasteiger partial charge >= 0.3 is 0 Å². The normalized spacial score (nSPS) is 13.1. The number of nitrogens with zero attached hydrogens (tertiary/aromatic N) is 2. The molecule has 3 heteroatoms. The maximum atomic E-state index is 4.28. The van der Waals surface area contributed by atoms with Crippen LogP contribution in [0.2, 0.25) is 0 Å². The number of hydrogen-bond donors (Lipinski definition) is 1. The molecule has 1 aromatic rings. The van der Waals surface area contributed by atoms with E-state index in [1.165, 1.54) is 12.0 Å². The molecular weight excluding hydrogens is 198 g/mol. The number of hydrogen-bond acceptors (Lipinski definition) is 3. The van der Waals surface area contributed by atoms with E-state index in [-0.39, 0.29) is 0 Å². The van der Waals surface area contributed by atoms with Gasteiger partial charge in [0.1, 0.15) is 0 Å². The summed E-state index contributed by atoms with van der Waals surface area (Å²) in [5, 5.41) is 3.51. The Morgan fingerprint density at radius 1 is 1.38 bits per heavy atom. The second-order valence-corrected chi connectivity index (χ2v) is 4.68. The van der Waals surface area contributed by atoms with Gasteiger partial charge in [0, 0.05) is 24.5 Å². The molecule has 90 valence electrons. The van der Waals surface area contributed by atoms with Crippen LogP contribution in [-0.4, -0.2) is 36.6 Å². The molecule has 1 rings (SSSR count). The molecule has 1 unspecified atom stereocenters. The molecule has 0 aliphatic rings. The van der Waals surface area contributed by atoms with Crippen LogP contribution in [0.1, 0.15) is 24.6 Å². The predicted octanol–water partition coefficient (Wildman–Crippen LogP) is 1.82. The van der Waals surface area contributed by atoms with Gasteiger partial charge in [-0.3, -0.25) is 4.98 Å². The first-order valence-corrected chi connectivity index (χ1v) is 5.87. The van der Waals surface area contributed by atoms with Gasteiger partial charge in [0.05, 0.1) is 0 Å². The zero-order chi connectivity index (χ0) is 12.0. The summed E-state index contributed by atoms with van der Waals surface area (Å²) >= 11 is 0. The van der Waals surface area contributed by atoms with Gasteiger partial charge in [-0.15, -0.1) is 0 Å². The van der Waals surface area contributed by atoms with Crippen molar-refractivity contribution < 1.29 is 0 Å². The molecule has 0 fully saturated rings. The van der Waals surface area contributed by atoms with E-state index >= 15 is 0 Å². The van der Waals surface area contributed by atoms with Crippen molar-refractivity contribution in [2.75, 3.05) is 20.6 Å². The van der Waals surface area contributed by atoms with Crippen LogP contribution in [0, 0.1) is 6.92 Å². The highest BCUT2D eigenvalue weighted by atomic mass is 15.1. The molecule has 0 aliphatic heterocycles. The smallest absolute Gasteiger partial charge is 0.0372 e. The zero-order valence-electron chi connectivity index (χ0n) is 10.8. The maximum absolute atomic E-state index is 4.28. The fourth-order valence-electron chi connectivity index (χ4n) is 1.45. The molecule has 0 aromatic carbocycles. The van der Waals surface area contributed by atoms with Gasteiger partial charge < -0.3 is 10.2 Å². The number of aryl methyl sites for hydroxylation is 1. The minimum absolute atomic E-state index is 0.545. The summed E-state index contributed by atoms with van der Waals surface area (Å²) in [4.78, 5) is 6.50. The van der Waals surface area contributed by atoms with E-state index in [1.54, 1.807) is 0 Å². The molecule has 0 amide bonds. The van der Waals surface area contributed by atoms with Crippen LogP contribution < -0.4 is 5.32 Å². The van der Waals surface area contributed by atoms with E-state index in [9.17, 15) is 0 Å². The summed E-state index contributed by atoms with van der Waals surface area (Å²) in [6.07, 6.45) is 3.12. The van der Waals surface area contributed by atoms with Crippen LogP contribution in [-0.2, 0) is 6.54 Å². The predicted molar refractivity (Wildman–Crippen MR) is 68.4 cm³/mol. The highest BCUT2D eigenvalue weighted by Gasteiger charge is 2.02. The first-order chi connectivity index (χ1) is 7.58. The highest BCUT2D eigenvalue weighted by Crippen LogP contribution is 2.00. The average molecular weight is 221 g/mol. The van der Waals surface area contributed by atoms with Gasteiger partial charge in [-0.05, 0) is 52.5 Å². The topological polar surface area (TPSA) is 28.2 Å². The lowest BCUT2D eigenvalue weighted by atomic mass is 10.2. The third kappa shape index (κ3) is 5.24. The molecule has 0 saturated heterocycles. The lowest BCUT2D eigenvalue weighted by Crippen LogP contribution is -2.29. The SMILES string of the molecule is Cc1ccc(CNC(C)CCN(C)C)cn1. The van der Waals surface area contributed by atoms with Gasteiger partial charge in [-0.25, -0.2) is 0 Å². The van der Waals surface area contributed by atoms with Crippen LogP contribution in [0.4, 0.5) is 0 Å². The third-order valence-corrected chi connectivity index (χ3v) is 2.64. The summed E-state index contributed by atoms with van der Waals surface area (Å²) in [5.74, 6) is 0. The first kappa shape index (κ1) is 13.1. The second kappa shape index (κ2) is 6.61. The molecule has 16 heavy (non-hydrogen) atoms. The standard InChI is InChI=1S/C13H23N3/c1-11-5-6-13(9-14-11)10-15-12(2)7-8-16(3)4/h5-6,9,12,15H,7-8,10H2,1-4H3. The summed E-state index contributed by atoms with van der Waals surface area (Å²) in [6.45, 7) is 6.27. The monoisotopic (exact) mass is 221 g/mol. The molecule has 0 bridgehead atoms. The van der Waals surface area contributed by atoms with Gasteiger partial charge in [0.15, 0.2) is 0 Å². The number of nitrogens with one attached hydrogen (secondary N) is 1. The van der Waals surface area contributed by atoms with E-state index in [0.29, 0.717) is 6.04 Å². The molecule has 0 aliphatic carbocycles. The Kier molecular flexibility index (Phi) is 5.43. The minimum Gasteiger partial charge on any atom is -0.310 e. The quantitative estimate of drug-likeness (QED) is 0.794. The molecule has 1 heterocycles. The average Bonchev–Trinajstić information content (AvgIpc) is 2.25. The van der Waals surface area contributed by atoms with E-state index in [4.69, 9.17) is 0 Å². The Morgan fingerprint density at radius 2 is 2.12 bits per heavy atom. The van der Waals surface area contributed by atoms with Crippen LogP contribution in [0.15, 0.2) is 18.3 Å². The first-order valence-electron chi connectivity index (χ1n) is 5.87. The summed E-state index contributed by atoms with van der Waals surface area (Å²) in [5.41, 5.74) is 2.33. The largest absolute Gasteiger partial charge is 0.310 e. The van der Waals surface area contributed by atoms with Gasteiger partial charge in [-0.2, -0.15) is 0 Å². The van der Waals surface area contributed by atoms with E-state index in [0.717, 1.165) is 18.8 Å². The van der Waals surface area contributed by atoms with Crippen molar-refractivity contribution >= 4 is 0 Å². The highest BCUT2D eigenvalue weighted by molar-refractivity contribution is 5.12. The van der Waals surface area contributed by atoms with E-state index in [1.807, 2.05) is 13.1 Å². The fraction of sp³-hybridized carbons (Fsp3) is 0.615. The molecule has 0 radical (unpaired) electrons. The molecule has 1 aromatic heterocycles.